The van der Waals surface area contributed by atoms with Crippen molar-refractivity contribution in [3.05, 3.63) is 81.3 Å². The molecule has 6 nitrogen and oxygen atoms in total. The summed E-state index contributed by atoms with van der Waals surface area (Å²) in [6.45, 7) is 0. The van der Waals surface area contributed by atoms with Crippen LogP contribution >= 0.6 is 34.8 Å². The van der Waals surface area contributed by atoms with Crippen LogP contribution in [-0.2, 0) is 10.0 Å². The molecule has 0 aliphatic rings. The number of benzene rings is 3. The molecule has 0 saturated heterocycles. The standard InChI is InChI=1S/C20H15Cl3N2O4S/c1-29-19-9-3-12(21)10-16(19)20(26)24-14-4-6-15(7-5-14)30(27,28)25-18-8-2-13(22)11-17(18)23/h2-11,25H,1H3,(H,24,26). The number of halogens is 3. The van der Waals surface area contributed by atoms with Crippen LogP contribution in [0.3, 0.4) is 0 Å². The van der Waals surface area contributed by atoms with Gasteiger partial charge in [-0.25, -0.2) is 8.42 Å². The molecule has 10 heteroatoms. The van der Waals surface area contributed by atoms with E-state index in [2.05, 4.69) is 10.0 Å². The molecule has 156 valence electrons. The van der Waals surface area contributed by atoms with Crippen molar-refractivity contribution in [1.82, 2.24) is 0 Å². The zero-order valence-corrected chi connectivity index (χ0v) is 18.5. The molecule has 0 aromatic heterocycles. The molecule has 0 aliphatic heterocycles. The smallest absolute Gasteiger partial charge is 0.261 e. The van der Waals surface area contributed by atoms with Crippen molar-refractivity contribution >= 4 is 62.1 Å². The summed E-state index contributed by atoms with van der Waals surface area (Å²) in [6.07, 6.45) is 0. The highest BCUT2D eigenvalue weighted by atomic mass is 35.5. The summed E-state index contributed by atoms with van der Waals surface area (Å²) >= 11 is 17.8. The van der Waals surface area contributed by atoms with Gasteiger partial charge in [0, 0.05) is 15.7 Å². The maximum Gasteiger partial charge on any atom is 0.261 e. The van der Waals surface area contributed by atoms with Crippen molar-refractivity contribution < 1.29 is 17.9 Å². The Labute approximate surface area is 188 Å². The van der Waals surface area contributed by atoms with Crippen molar-refractivity contribution in [3.8, 4) is 5.75 Å². The van der Waals surface area contributed by atoms with Crippen molar-refractivity contribution in [2.45, 2.75) is 4.90 Å². The minimum Gasteiger partial charge on any atom is -0.496 e. The molecular formula is C20H15Cl3N2O4S. The number of methoxy groups -OCH3 is 1. The predicted molar refractivity (Wildman–Crippen MR) is 120 cm³/mol. The number of nitrogens with one attached hydrogen (secondary N) is 2. The van der Waals surface area contributed by atoms with Crippen LogP contribution in [0.5, 0.6) is 5.75 Å². The van der Waals surface area contributed by atoms with E-state index < -0.39 is 15.9 Å². The number of carbonyl (C=O) groups excluding carboxylic acids is 1. The third-order valence-corrected chi connectivity index (χ3v) is 6.17. The van der Waals surface area contributed by atoms with E-state index in [0.29, 0.717) is 21.5 Å². The van der Waals surface area contributed by atoms with Crippen LogP contribution in [0.4, 0.5) is 11.4 Å². The van der Waals surface area contributed by atoms with Gasteiger partial charge < -0.3 is 10.1 Å². The number of hydrogen-bond acceptors (Lipinski definition) is 4. The Balaban J connectivity index is 1.77. The van der Waals surface area contributed by atoms with Crippen molar-refractivity contribution in [2.75, 3.05) is 17.1 Å². The Morgan fingerprint density at radius 3 is 2.17 bits per heavy atom. The molecule has 0 saturated carbocycles. The van der Waals surface area contributed by atoms with Gasteiger partial charge in [0.1, 0.15) is 5.75 Å². The quantitative estimate of drug-likeness (QED) is 0.468. The average molecular weight is 486 g/mol. The normalized spacial score (nSPS) is 11.1. The van der Waals surface area contributed by atoms with E-state index in [-0.39, 0.29) is 21.2 Å². The Kier molecular flexibility index (Phi) is 6.77. The first-order valence-electron chi connectivity index (χ1n) is 8.42. The van der Waals surface area contributed by atoms with Gasteiger partial charge >= 0.3 is 0 Å². The summed E-state index contributed by atoms with van der Waals surface area (Å²) in [4.78, 5) is 12.5. The third-order valence-electron chi connectivity index (χ3n) is 4.00. The lowest BCUT2D eigenvalue weighted by Crippen LogP contribution is -2.15. The van der Waals surface area contributed by atoms with Gasteiger partial charge in [0.15, 0.2) is 0 Å². The van der Waals surface area contributed by atoms with Gasteiger partial charge in [-0.1, -0.05) is 34.8 Å². The van der Waals surface area contributed by atoms with Crippen LogP contribution in [-0.4, -0.2) is 21.4 Å². The fourth-order valence-electron chi connectivity index (χ4n) is 2.55. The van der Waals surface area contributed by atoms with Gasteiger partial charge in [-0.15, -0.1) is 0 Å². The van der Waals surface area contributed by atoms with Gasteiger partial charge in [-0.2, -0.15) is 0 Å². The van der Waals surface area contributed by atoms with Crippen LogP contribution in [0.1, 0.15) is 10.4 Å². The number of anilines is 2. The molecule has 0 unspecified atom stereocenters. The van der Waals surface area contributed by atoms with Gasteiger partial charge in [0.25, 0.3) is 15.9 Å². The van der Waals surface area contributed by atoms with E-state index in [1.807, 2.05) is 0 Å². The second kappa shape index (κ2) is 9.14. The highest BCUT2D eigenvalue weighted by Crippen LogP contribution is 2.28. The number of amides is 1. The molecule has 0 radical (unpaired) electrons. The third kappa shape index (κ3) is 5.17. The summed E-state index contributed by atoms with van der Waals surface area (Å²) in [5.74, 6) is -0.0869. The number of hydrogen-bond donors (Lipinski definition) is 2. The Bertz CT molecular complexity index is 1200. The molecule has 0 bridgehead atoms. The van der Waals surface area contributed by atoms with Gasteiger partial charge in [0.2, 0.25) is 0 Å². The minimum atomic E-state index is -3.89. The lowest BCUT2D eigenvalue weighted by molar-refractivity contribution is 0.102. The molecule has 0 spiro atoms. The molecular weight excluding hydrogens is 471 g/mol. The van der Waals surface area contributed by atoms with E-state index in [1.165, 1.54) is 55.6 Å². The number of rotatable bonds is 6. The average Bonchev–Trinajstić information content (AvgIpc) is 2.70. The predicted octanol–water partition coefficient (Wildman–Crippen LogP) is 5.71. The summed E-state index contributed by atoms with van der Waals surface area (Å²) in [5, 5.41) is 3.62. The van der Waals surface area contributed by atoms with Crippen LogP contribution in [0.15, 0.2) is 65.6 Å². The molecule has 0 heterocycles. The number of ether oxygens (including phenoxy) is 1. The second-order valence-electron chi connectivity index (χ2n) is 6.05. The molecule has 3 aromatic rings. The number of sulfonamides is 1. The van der Waals surface area contributed by atoms with Gasteiger partial charge in [-0.3, -0.25) is 9.52 Å². The zero-order chi connectivity index (χ0) is 21.9. The lowest BCUT2D eigenvalue weighted by atomic mass is 10.2. The second-order valence-corrected chi connectivity index (χ2v) is 9.02. The molecule has 1 amide bonds. The Morgan fingerprint density at radius 2 is 1.53 bits per heavy atom. The minimum absolute atomic E-state index is 0.00754. The molecule has 30 heavy (non-hydrogen) atoms. The molecule has 2 N–H and O–H groups in total. The first-order valence-corrected chi connectivity index (χ1v) is 11.0. The fraction of sp³-hybridized carbons (Fsp3) is 0.0500. The summed E-state index contributed by atoms with van der Waals surface area (Å²) < 4.78 is 32.8. The maximum absolute atomic E-state index is 12.6. The SMILES string of the molecule is COc1ccc(Cl)cc1C(=O)Nc1ccc(S(=O)(=O)Nc2ccc(Cl)cc2Cl)cc1. The topological polar surface area (TPSA) is 84.5 Å². The lowest BCUT2D eigenvalue weighted by Gasteiger charge is -2.12. The molecule has 0 aliphatic carbocycles. The summed E-state index contributed by atoms with van der Waals surface area (Å²) in [7, 11) is -2.45. The van der Waals surface area contributed by atoms with Crippen LogP contribution in [0.2, 0.25) is 15.1 Å². The summed E-state index contributed by atoms with van der Waals surface area (Å²) in [6, 6.07) is 14.7. The fourth-order valence-corrected chi connectivity index (χ4v) is 4.31. The molecule has 3 rings (SSSR count). The van der Waals surface area contributed by atoms with Crippen LogP contribution in [0.25, 0.3) is 0 Å². The highest BCUT2D eigenvalue weighted by molar-refractivity contribution is 7.92. The molecule has 0 atom stereocenters. The van der Waals surface area contributed by atoms with Crippen molar-refractivity contribution in [2.24, 2.45) is 0 Å². The van der Waals surface area contributed by atoms with E-state index in [0.717, 1.165) is 0 Å². The monoisotopic (exact) mass is 484 g/mol. The molecule has 0 fully saturated rings. The molecule has 3 aromatic carbocycles. The Hall–Kier alpha value is -2.45. The largest absolute Gasteiger partial charge is 0.496 e. The van der Waals surface area contributed by atoms with Crippen LogP contribution < -0.4 is 14.8 Å². The summed E-state index contributed by atoms with van der Waals surface area (Å²) in [5.41, 5.74) is 0.845. The first-order chi connectivity index (χ1) is 14.2. The highest BCUT2D eigenvalue weighted by Gasteiger charge is 2.17. The Morgan fingerprint density at radius 1 is 0.900 bits per heavy atom. The maximum atomic E-state index is 12.6. The van der Waals surface area contributed by atoms with E-state index >= 15 is 0 Å². The van der Waals surface area contributed by atoms with E-state index in [4.69, 9.17) is 39.5 Å². The van der Waals surface area contributed by atoms with Gasteiger partial charge in [-0.05, 0) is 60.7 Å². The van der Waals surface area contributed by atoms with Crippen molar-refractivity contribution in [1.29, 1.82) is 0 Å². The van der Waals surface area contributed by atoms with E-state index in [1.54, 1.807) is 12.1 Å². The van der Waals surface area contributed by atoms with Gasteiger partial charge in [0.05, 0.1) is 28.3 Å². The van der Waals surface area contributed by atoms with E-state index in [9.17, 15) is 13.2 Å². The van der Waals surface area contributed by atoms with Crippen LogP contribution in [0, 0.1) is 0 Å². The first kappa shape index (κ1) is 22.2. The van der Waals surface area contributed by atoms with Crippen molar-refractivity contribution in [3.63, 3.8) is 0 Å². The number of carbonyl (C=O) groups is 1. The zero-order valence-electron chi connectivity index (χ0n) is 15.4.